The summed E-state index contributed by atoms with van der Waals surface area (Å²) in [5.41, 5.74) is 1.97. The van der Waals surface area contributed by atoms with Crippen molar-refractivity contribution in [3.05, 3.63) is 45.1 Å². The summed E-state index contributed by atoms with van der Waals surface area (Å²) in [6.45, 7) is 3.77. The Kier molecular flexibility index (Phi) is 4.42. The number of carbonyl (C=O) groups excluding carboxylic acids is 1. The van der Waals surface area contributed by atoms with Crippen LogP contribution < -0.4 is 10.1 Å². The van der Waals surface area contributed by atoms with E-state index in [-0.39, 0.29) is 12.5 Å². The minimum Gasteiger partial charge on any atom is -0.496 e. The Bertz CT molecular complexity index is 634. The third-order valence-electron chi connectivity index (χ3n) is 2.99. The molecule has 0 aliphatic carbocycles. The average molecular weight is 291 g/mol. The largest absolute Gasteiger partial charge is 0.496 e. The first kappa shape index (κ1) is 14.6. The van der Waals surface area contributed by atoms with Gasteiger partial charge in [-0.15, -0.1) is 11.3 Å². The summed E-state index contributed by atoms with van der Waals surface area (Å²) in [6.07, 6.45) is 0. The molecule has 0 spiro atoms. The van der Waals surface area contributed by atoms with Crippen LogP contribution in [0.5, 0.6) is 5.75 Å². The lowest BCUT2D eigenvalue weighted by atomic mass is 10.1. The molecule has 1 amide bonds. The number of nitrogens with one attached hydrogen (secondary N) is 1. The van der Waals surface area contributed by atoms with E-state index < -0.39 is 0 Å². The smallest absolute Gasteiger partial charge is 0.256 e. The number of hydrogen-bond acceptors (Lipinski definition) is 4. The molecule has 106 valence electrons. The number of methoxy groups -OCH3 is 1. The van der Waals surface area contributed by atoms with Crippen LogP contribution in [0.15, 0.2) is 24.3 Å². The Hall–Kier alpha value is -1.85. The molecule has 2 aromatic rings. The number of aliphatic hydroxyl groups is 1. The number of rotatable bonds is 4. The maximum atomic E-state index is 12.2. The second kappa shape index (κ2) is 6.07. The molecule has 20 heavy (non-hydrogen) atoms. The van der Waals surface area contributed by atoms with Crippen molar-refractivity contribution in [1.82, 2.24) is 0 Å². The molecule has 0 atom stereocenters. The number of aryl methyl sites for hydroxylation is 2. The standard InChI is InChI=1S/C15H17NO3S/c1-9-6-13(10(2)20-9)15(18)16-12-4-5-14(19-3)11(7-12)8-17/h4-7,17H,8H2,1-3H3,(H,16,18). The topological polar surface area (TPSA) is 58.6 Å². The molecule has 2 N–H and O–H groups in total. The van der Waals surface area contributed by atoms with Crippen LogP contribution in [-0.2, 0) is 6.61 Å². The molecule has 0 saturated carbocycles. The van der Waals surface area contributed by atoms with Crippen molar-refractivity contribution in [1.29, 1.82) is 0 Å². The fourth-order valence-electron chi connectivity index (χ4n) is 2.03. The molecular formula is C15H17NO3S. The first-order chi connectivity index (χ1) is 9.55. The molecule has 1 heterocycles. The zero-order valence-corrected chi connectivity index (χ0v) is 12.5. The van der Waals surface area contributed by atoms with Crippen LogP contribution in [0.4, 0.5) is 5.69 Å². The SMILES string of the molecule is COc1ccc(NC(=O)c2cc(C)sc2C)cc1CO. The summed E-state index contributed by atoms with van der Waals surface area (Å²) in [5.74, 6) is 0.467. The monoisotopic (exact) mass is 291 g/mol. The van der Waals surface area contributed by atoms with Crippen LogP contribution in [0.2, 0.25) is 0 Å². The van der Waals surface area contributed by atoms with E-state index in [1.807, 2.05) is 19.9 Å². The number of thiophene rings is 1. The molecule has 4 nitrogen and oxygen atoms in total. The van der Waals surface area contributed by atoms with Crippen LogP contribution in [0, 0.1) is 13.8 Å². The molecule has 1 aromatic carbocycles. The van der Waals surface area contributed by atoms with E-state index in [1.165, 1.54) is 0 Å². The highest BCUT2D eigenvalue weighted by Gasteiger charge is 2.13. The van der Waals surface area contributed by atoms with Crippen LogP contribution >= 0.6 is 11.3 Å². The van der Waals surface area contributed by atoms with Crippen LogP contribution in [0.3, 0.4) is 0 Å². The maximum Gasteiger partial charge on any atom is 0.256 e. The number of anilines is 1. The third kappa shape index (κ3) is 3.00. The molecule has 0 radical (unpaired) electrons. The quantitative estimate of drug-likeness (QED) is 0.910. The molecule has 0 saturated heterocycles. The molecule has 1 aromatic heterocycles. The fourth-order valence-corrected chi connectivity index (χ4v) is 2.96. The molecule has 0 unspecified atom stereocenters. The molecule has 0 bridgehead atoms. The van der Waals surface area contributed by atoms with Gasteiger partial charge in [0.1, 0.15) is 5.75 Å². The predicted molar refractivity (Wildman–Crippen MR) is 80.7 cm³/mol. The molecule has 0 aliphatic rings. The minimum atomic E-state index is -0.138. The van der Waals surface area contributed by atoms with E-state index in [0.717, 1.165) is 9.75 Å². The van der Waals surface area contributed by atoms with Gasteiger partial charge in [0.2, 0.25) is 0 Å². The van der Waals surface area contributed by atoms with Crippen molar-refractivity contribution < 1.29 is 14.6 Å². The second-order valence-corrected chi connectivity index (χ2v) is 5.93. The van der Waals surface area contributed by atoms with Crippen LogP contribution in [0.25, 0.3) is 0 Å². The van der Waals surface area contributed by atoms with Crippen molar-refractivity contribution >= 4 is 22.9 Å². The van der Waals surface area contributed by atoms with Gasteiger partial charge in [0.25, 0.3) is 5.91 Å². The fraction of sp³-hybridized carbons (Fsp3) is 0.267. The maximum absolute atomic E-state index is 12.2. The number of benzene rings is 1. The van der Waals surface area contributed by atoms with Crippen LogP contribution in [-0.4, -0.2) is 18.1 Å². The van der Waals surface area contributed by atoms with Gasteiger partial charge in [-0.1, -0.05) is 0 Å². The van der Waals surface area contributed by atoms with Gasteiger partial charge in [0.05, 0.1) is 19.3 Å². The number of carbonyl (C=O) groups is 1. The Morgan fingerprint density at radius 3 is 2.65 bits per heavy atom. The van der Waals surface area contributed by atoms with E-state index in [0.29, 0.717) is 22.6 Å². The zero-order chi connectivity index (χ0) is 14.7. The van der Waals surface area contributed by atoms with Gasteiger partial charge in [-0.2, -0.15) is 0 Å². The lowest BCUT2D eigenvalue weighted by Gasteiger charge is -2.10. The Morgan fingerprint density at radius 2 is 2.10 bits per heavy atom. The molecule has 0 aliphatic heterocycles. The lowest BCUT2D eigenvalue weighted by molar-refractivity contribution is 0.102. The summed E-state index contributed by atoms with van der Waals surface area (Å²) in [7, 11) is 1.55. The van der Waals surface area contributed by atoms with Gasteiger partial charge in [-0.05, 0) is 38.1 Å². The summed E-state index contributed by atoms with van der Waals surface area (Å²) >= 11 is 1.60. The van der Waals surface area contributed by atoms with E-state index in [1.54, 1.807) is 36.6 Å². The first-order valence-electron chi connectivity index (χ1n) is 6.21. The van der Waals surface area contributed by atoms with Crippen LogP contribution in [0.1, 0.15) is 25.7 Å². The highest BCUT2D eigenvalue weighted by atomic mass is 32.1. The van der Waals surface area contributed by atoms with E-state index in [2.05, 4.69) is 5.32 Å². The normalized spacial score (nSPS) is 10.4. The molecule has 0 fully saturated rings. The van der Waals surface area contributed by atoms with Gasteiger partial charge in [0, 0.05) is 21.0 Å². The van der Waals surface area contributed by atoms with Crippen molar-refractivity contribution in [2.45, 2.75) is 20.5 Å². The average Bonchev–Trinajstić information content (AvgIpc) is 2.77. The summed E-state index contributed by atoms with van der Waals surface area (Å²) < 4.78 is 5.13. The zero-order valence-electron chi connectivity index (χ0n) is 11.7. The summed E-state index contributed by atoms with van der Waals surface area (Å²) in [4.78, 5) is 14.3. The van der Waals surface area contributed by atoms with E-state index in [9.17, 15) is 9.90 Å². The van der Waals surface area contributed by atoms with Gasteiger partial charge in [0.15, 0.2) is 0 Å². The molecule has 2 rings (SSSR count). The third-order valence-corrected chi connectivity index (χ3v) is 3.96. The second-order valence-electron chi connectivity index (χ2n) is 4.47. The van der Waals surface area contributed by atoms with Gasteiger partial charge in [-0.25, -0.2) is 0 Å². The Morgan fingerprint density at radius 1 is 1.35 bits per heavy atom. The molecule has 5 heteroatoms. The minimum absolute atomic E-state index is 0.135. The first-order valence-corrected chi connectivity index (χ1v) is 7.03. The lowest BCUT2D eigenvalue weighted by Crippen LogP contribution is -2.12. The van der Waals surface area contributed by atoms with E-state index >= 15 is 0 Å². The van der Waals surface area contributed by atoms with Gasteiger partial charge in [-0.3, -0.25) is 4.79 Å². The Labute approximate surface area is 122 Å². The number of hydrogen-bond donors (Lipinski definition) is 2. The molecular weight excluding hydrogens is 274 g/mol. The number of amides is 1. The van der Waals surface area contributed by atoms with Crippen molar-refractivity contribution in [3.63, 3.8) is 0 Å². The Balaban J connectivity index is 2.22. The van der Waals surface area contributed by atoms with E-state index in [4.69, 9.17) is 4.74 Å². The number of ether oxygens (including phenoxy) is 1. The summed E-state index contributed by atoms with van der Waals surface area (Å²) in [6, 6.07) is 7.08. The highest BCUT2D eigenvalue weighted by molar-refractivity contribution is 7.12. The summed E-state index contributed by atoms with van der Waals surface area (Å²) in [5, 5.41) is 12.1. The predicted octanol–water partition coefficient (Wildman–Crippen LogP) is 3.12. The van der Waals surface area contributed by atoms with Gasteiger partial charge < -0.3 is 15.2 Å². The van der Waals surface area contributed by atoms with Crippen molar-refractivity contribution in [2.24, 2.45) is 0 Å². The van der Waals surface area contributed by atoms with Gasteiger partial charge >= 0.3 is 0 Å². The van der Waals surface area contributed by atoms with Crippen molar-refractivity contribution in [2.75, 3.05) is 12.4 Å². The number of aliphatic hydroxyl groups excluding tert-OH is 1. The highest BCUT2D eigenvalue weighted by Crippen LogP contribution is 2.25. The van der Waals surface area contributed by atoms with Crippen molar-refractivity contribution in [3.8, 4) is 5.75 Å².